The average Bonchev–Trinajstić information content (AvgIpc) is 3.21. The number of aromatic amines is 1. The largest absolute Gasteiger partial charge is 0.468 e. The van der Waals surface area contributed by atoms with Gasteiger partial charge in [-0.3, -0.25) is 14.5 Å². The van der Waals surface area contributed by atoms with E-state index in [-0.39, 0.29) is 23.1 Å². The second kappa shape index (κ2) is 6.62. The number of hydrogen-bond acceptors (Lipinski definition) is 4. The molecule has 22 heavy (non-hydrogen) atoms. The number of nitrogens with zero attached hydrogens (tertiary/aromatic N) is 1. The topological polar surface area (TPSA) is 78.3 Å². The first-order valence-electron chi connectivity index (χ1n) is 7.49. The number of hydrogen-bond donors (Lipinski definition) is 2. The molecule has 1 atom stereocenters. The van der Waals surface area contributed by atoms with Crippen LogP contribution in [0.5, 0.6) is 0 Å². The highest BCUT2D eigenvalue weighted by Gasteiger charge is 2.26. The average molecular weight is 301 g/mol. The summed E-state index contributed by atoms with van der Waals surface area (Å²) >= 11 is 0. The lowest BCUT2D eigenvalue weighted by Crippen LogP contribution is -2.38. The molecular weight excluding hydrogens is 282 g/mol. The van der Waals surface area contributed by atoms with Gasteiger partial charge in [-0.2, -0.15) is 0 Å². The summed E-state index contributed by atoms with van der Waals surface area (Å²) in [5.41, 5.74) is -0.252. The Kier molecular flexibility index (Phi) is 4.39. The Labute approximate surface area is 128 Å². The molecular formula is C16H19N3O3. The molecule has 1 unspecified atom stereocenters. The van der Waals surface area contributed by atoms with Gasteiger partial charge in [0.1, 0.15) is 11.3 Å². The van der Waals surface area contributed by atoms with E-state index in [9.17, 15) is 9.59 Å². The Morgan fingerprint density at radius 1 is 1.32 bits per heavy atom. The molecule has 0 aromatic carbocycles. The Hall–Kier alpha value is -2.34. The highest BCUT2D eigenvalue weighted by atomic mass is 16.3. The first-order valence-corrected chi connectivity index (χ1v) is 7.49. The third kappa shape index (κ3) is 3.12. The molecule has 0 radical (unpaired) electrons. The zero-order valence-corrected chi connectivity index (χ0v) is 12.2. The Morgan fingerprint density at radius 3 is 2.82 bits per heavy atom. The summed E-state index contributed by atoms with van der Waals surface area (Å²) in [5, 5.41) is 2.84. The van der Waals surface area contributed by atoms with E-state index in [2.05, 4.69) is 15.2 Å². The molecule has 1 aliphatic rings. The van der Waals surface area contributed by atoms with Gasteiger partial charge in [0.05, 0.1) is 12.3 Å². The van der Waals surface area contributed by atoms with Crippen molar-refractivity contribution in [3.63, 3.8) is 0 Å². The number of carbonyl (C=O) groups is 1. The van der Waals surface area contributed by atoms with Crippen LogP contribution in [0.3, 0.4) is 0 Å². The van der Waals surface area contributed by atoms with E-state index in [0.29, 0.717) is 6.54 Å². The smallest absolute Gasteiger partial charge is 0.260 e. The molecule has 3 heterocycles. The lowest BCUT2D eigenvalue weighted by Gasteiger charge is -2.25. The molecule has 1 amide bonds. The molecule has 6 nitrogen and oxygen atoms in total. The normalized spacial score (nSPS) is 16.5. The predicted molar refractivity (Wildman–Crippen MR) is 81.7 cm³/mol. The zero-order valence-electron chi connectivity index (χ0n) is 12.2. The molecule has 0 spiro atoms. The van der Waals surface area contributed by atoms with Gasteiger partial charge in [-0.25, -0.2) is 0 Å². The fourth-order valence-electron chi connectivity index (χ4n) is 2.83. The van der Waals surface area contributed by atoms with Crippen LogP contribution in [0.1, 0.15) is 35.0 Å². The quantitative estimate of drug-likeness (QED) is 0.878. The van der Waals surface area contributed by atoms with Crippen LogP contribution in [-0.4, -0.2) is 35.4 Å². The minimum atomic E-state index is -0.379. The fourth-order valence-corrected chi connectivity index (χ4v) is 2.83. The van der Waals surface area contributed by atoms with Crippen molar-refractivity contribution < 1.29 is 9.21 Å². The van der Waals surface area contributed by atoms with Crippen molar-refractivity contribution in [1.82, 2.24) is 15.2 Å². The molecule has 0 saturated carbocycles. The van der Waals surface area contributed by atoms with Crippen LogP contribution in [0.15, 0.2) is 45.9 Å². The van der Waals surface area contributed by atoms with Crippen LogP contribution in [0, 0.1) is 0 Å². The summed E-state index contributed by atoms with van der Waals surface area (Å²) in [4.78, 5) is 28.6. The van der Waals surface area contributed by atoms with Crippen molar-refractivity contribution >= 4 is 5.91 Å². The van der Waals surface area contributed by atoms with Crippen molar-refractivity contribution in [3.05, 3.63) is 58.4 Å². The van der Waals surface area contributed by atoms with E-state index in [1.165, 1.54) is 12.3 Å². The number of nitrogens with one attached hydrogen (secondary N) is 2. The molecule has 116 valence electrons. The molecule has 6 heteroatoms. The lowest BCUT2D eigenvalue weighted by molar-refractivity contribution is 0.0932. The van der Waals surface area contributed by atoms with E-state index >= 15 is 0 Å². The number of amides is 1. The summed E-state index contributed by atoms with van der Waals surface area (Å²) in [6, 6.07) is 6.93. The summed E-state index contributed by atoms with van der Waals surface area (Å²) < 4.78 is 5.51. The first-order chi connectivity index (χ1) is 10.8. The molecule has 1 fully saturated rings. The van der Waals surface area contributed by atoms with Crippen LogP contribution < -0.4 is 10.9 Å². The third-order valence-corrected chi connectivity index (χ3v) is 3.97. The zero-order chi connectivity index (χ0) is 15.4. The van der Waals surface area contributed by atoms with Crippen molar-refractivity contribution in [3.8, 4) is 0 Å². The molecule has 0 aliphatic carbocycles. The standard InChI is InChI=1S/C16H19N3O3/c20-15-12(5-3-7-17-15)16(21)18-11-13(14-6-4-10-22-14)19-8-1-2-9-19/h3-7,10,13H,1-2,8-9,11H2,(H,17,20)(H,18,21). The summed E-state index contributed by atoms with van der Waals surface area (Å²) in [5.74, 6) is 0.474. The predicted octanol–water partition coefficient (Wildman–Crippen LogP) is 1.53. The van der Waals surface area contributed by atoms with Gasteiger partial charge in [-0.15, -0.1) is 0 Å². The third-order valence-electron chi connectivity index (χ3n) is 3.97. The fraction of sp³-hybridized carbons (Fsp3) is 0.375. The van der Waals surface area contributed by atoms with Crippen molar-refractivity contribution in [1.29, 1.82) is 0 Å². The molecule has 1 saturated heterocycles. The Bertz CT molecular complexity index is 672. The van der Waals surface area contributed by atoms with Gasteiger partial charge >= 0.3 is 0 Å². The SMILES string of the molecule is O=C(NCC(c1ccco1)N1CCCC1)c1ccc[nH]c1=O. The molecule has 1 aliphatic heterocycles. The maximum atomic E-state index is 12.2. The number of rotatable bonds is 5. The number of carbonyl (C=O) groups excluding carboxylic acids is 1. The molecule has 2 N–H and O–H groups in total. The van der Waals surface area contributed by atoms with Gasteiger partial charge in [0.2, 0.25) is 0 Å². The Morgan fingerprint density at radius 2 is 2.14 bits per heavy atom. The summed E-state index contributed by atoms with van der Waals surface area (Å²) in [6.07, 6.45) is 5.46. The number of furan rings is 1. The monoisotopic (exact) mass is 301 g/mol. The van der Waals surface area contributed by atoms with E-state index in [1.807, 2.05) is 12.1 Å². The number of H-pyrrole nitrogens is 1. The van der Waals surface area contributed by atoms with Gasteiger partial charge < -0.3 is 14.7 Å². The Balaban J connectivity index is 1.70. The van der Waals surface area contributed by atoms with Gasteiger partial charge in [0.15, 0.2) is 0 Å². The highest BCUT2D eigenvalue weighted by Crippen LogP contribution is 2.24. The van der Waals surface area contributed by atoms with Gasteiger partial charge in [0.25, 0.3) is 11.5 Å². The van der Waals surface area contributed by atoms with Crippen molar-refractivity contribution in [2.75, 3.05) is 19.6 Å². The van der Waals surface area contributed by atoms with E-state index < -0.39 is 0 Å². The molecule has 0 bridgehead atoms. The maximum Gasteiger partial charge on any atom is 0.260 e. The van der Waals surface area contributed by atoms with E-state index in [1.54, 1.807) is 12.3 Å². The molecule has 2 aromatic rings. The van der Waals surface area contributed by atoms with Crippen LogP contribution >= 0.6 is 0 Å². The van der Waals surface area contributed by atoms with Gasteiger partial charge in [0, 0.05) is 12.7 Å². The van der Waals surface area contributed by atoms with Crippen LogP contribution in [-0.2, 0) is 0 Å². The second-order valence-corrected chi connectivity index (χ2v) is 5.40. The van der Waals surface area contributed by atoms with Gasteiger partial charge in [-0.05, 0) is 50.2 Å². The maximum absolute atomic E-state index is 12.2. The summed E-state index contributed by atoms with van der Waals surface area (Å²) in [7, 11) is 0. The van der Waals surface area contributed by atoms with Crippen molar-refractivity contribution in [2.45, 2.75) is 18.9 Å². The van der Waals surface area contributed by atoms with E-state index in [4.69, 9.17) is 4.42 Å². The van der Waals surface area contributed by atoms with E-state index in [0.717, 1.165) is 31.7 Å². The first kappa shape index (κ1) is 14.6. The van der Waals surface area contributed by atoms with Crippen LogP contribution in [0.4, 0.5) is 0 Å². The number of likely N-dealkylation sites (tertiary alicyclic amines) is 1. The summed E-state index contributed by atoms with van der Waals surface area (Å²) in [6.45, 7) is 2.40. The number of aromatic nitrogens is 1. The molecule has 3 rings (SSSR count). The van der Waals surface area contributed by atoms with Crippen LogP contribution in [0.2, 0.25) is 0 Å². The molecule has 2 aromatic heterocycles. The van der Waals surface area contributed by atoms with Crippen molar-refractivity contribution in [2.24, 2.45) is 0 Å². The van der Waals surface area contributed by atoms with Crippen LogP contribution in [0.25, 0.3) is 0 Å². The lowest BCUT2D eigenvalue weighted by atomic mass is 10.2. The minimum Gasteiger partial charge on any atom is -0.468 e. The number of pyridine rings is 1. The highest BCUT2D eigenvalue weighted by molar-refractivity contribution is 5.93. The minimum absolute atomic E-state index is 0.00393. The second-order valence-electron chi connectivity index (χ2n) is 5.40. The van der Waals surface area contributed by atoms with Gasteiger partial charge in [-0.1, -0.05) is 0 Å².